The predicted octanol–water partition coefficient (Wildman–Crippen LogP) is 1.82. The zero-order valence-electron chi connectivity index (χ0n) is 10.0. The molecule has 3 heterocycles. The van der Waals surface area contributed by atoms with Crippen LogP contribution in [0.4, 0.5) is 5.69 Å². The molecule has 0 saturated heterocycles. The van der Waals surface area contributed by atoms with Crippen molar-refractivity contribution in [2.45, 2.75) is 12.0 Å². The number of nitrogens with one attached hydrogen (secondary N) is 2. The van der Waals surface area contributed by atoms with Crippen molar-refractivity contribution in [1.82, 2.24) is 5.43 Å². The number of nitrogens with zero attached hydrogens (tertiary/aromatic N) is 1. The quantitative estimate of drug-likeness (QED) is 0.814. The van der Waals surface area contributed by atoms with Crippen LogP contribution in [0, 0.1) is 0 Å². The molecule has 1 spiro atoms. The minimum absolute atomic E-state index is 0.0704. The van der Waals surface area contributed by atoms with Gasteiger partial charge < -0.3 is 9.73 Å². The molecule has 4 rings (SSSR count). The van der Waals surface area contributed by atoms with E-state index in [9.17, 15) is 4.79 Å². The van der Waals surface area contributed by atoms with E-state index in [0.29, 0.717) is 12.2 Å². The summed E-state index contributed by atoms with van der Waals surface area (Å²) in [7, 11) is 0. The van der Waals surface area contributed by atoms with Gasteiger partial charge in [0.1, 0.15) is 11.5 Å². The number of carbonyl (C=O) groups excluding carboxylic acids is 1. The summed E-state index contributed by atoms with van der Waals surface area (Å²) < 4.78 is 5.34. The Labute approximate surface area is 109 Å². The maximum atomic E-state index is 12.3. The summed E-state index contributed by atoms with van der Waals surface area (Å²) in [6.07, 6.45) is 2.09. The number of hydrogen-bond acceptors (Lipinski definition) is 4. The van der Waals surface area contributed by atoms with E-state index in [1.807, 2.05) is 36.4 Å². The summed E-state index contributed by atoms with van der Waals surface area (Å²) in [6.45, 7) is 0. The lowest BCUT2D eigenvalue weighted by molar-refractivity contribution is -0.121. The number of carbonyl (C=O) groups is 1. The van der Waals surface area contributed by atoms with Gasteiger partial charge in [0.2, 0.25) is 0 Å². The number of anilines is 1. The fourth-order valence-corrected chi connectivity index (χ4v) is 2.68. The van der Waals surface area contributed by atoms with E-state index in [4.69, 9.17) is 4.42 Å². The SMILES string of the molecule is O=C1Nc2ccccc2[C@]12CC(c1ccco1)=NN2. The number of benzene rings is 1. The molecule has 2 aromatic rings. The Kier molecular flexibility index (Phi) is 1.90. The lowest BCUT2D eigenvalue weighted by Crippen LogP contribution is -2.42. The van der Waals surface area contributed by atoms with E-state index >= 15 is 0 Å². The van der Waals surface area contributed by atoms with Crippen LogP contribution in [0.25, 0.3) is 0 Å². The molecule has 5 heteroatoms. The lowest BCUT2D eigenvalue weighted by atomic mass is 9.87. The smallest absolute Gasteiger partial charge is 0.256 e. The first-order valence-electron chi connectivity index (χ1n) is 6.08. The summed E-state index contributed by atoms with van der Waals surface area (Å²) in [5.41, 5.74) is 4.74. The average Bonchev–Trinajstić information content (AvgIpc) is 3.13. The predicted molar refractivity (Wildman–Crippen MR) is 69.7 cm³/mol. The number of amides is 1. The van der Waals surface area contributed by atoms with E-state index < -0.39 is 5.54 Å². The Bertz CT molecular complexity index is 690. The molecule has 0 saturated carbocycles. The van der Waals surface area contributed by atoms with E-state index in [0.717, 1.165) is 17.0 Å². The number of furan rings is 1. The lowest BCUT2D eigenvalue weighted by Gasteiger charge is -2.20. The Balaban J connectivity index is 1.76. The fourth-order valence-electron chi connectivity index (χ4n) is 2.68. The van der Waals surface area contributed by atoms with Crippen molar-refractivity contribution >= 4 is 17.3 Å². The zero-order valence-corrected chi connectivity index (χ0v) is 10.0. The average molecular weight is 253 g/mol. The van der Waals surface area contributed by atoms with Gasteiger partial charge in [0, 0.05) is 17.7 Å². The molecule has 2 N–H and O–H groups in total. The second-order valence-electron chi connectivity index (χ2n) is 4.73. The molecule has 94 valence electrons. The number of fused-ring (bicyclic) bond motifs is 2. The second kappa shape index (κ2) is 3.47. The first-order chi connectivity index (χ1) is 9.29. The Morgan fingerprint density at radius 1 is 1.21 bits per heavy atom. The standard InChI is InChI=1S/C14H11N3O2/c18-13-14(9-4-1-2-5-10(9)15-13)8-11(16-17-14)12-6-3-7-19-12/h1-7,17H,8H2,(H,15,18)/t14-/m1/s1. The number of hydrogen-bond donors (Lipinski definition) is 2. The van der Waals surface area contributed by atoms with Crippen molar-refractivity contribution in [2.24, 2.45) is 5.10 Å². The topological polar surface area (TPSA) is 66.6 Å². The van der Waals surface area contributed by atoms with Crippen molar-refractivity contribution in [1.29, 1.82) is 0 Å². The van der Waals surface area contributed by atoms with Crippen LogP contribution >= 0.6 is 0 Å². The minimum atomic E-state index is -0.793. The highest BCUT2D eigenvalue weighted by atomic mass is 16.3. The van der Waals surface area contributed by atoms with Crippen LogP contribution in [0.1, 0.15) is 17.7 Å². The van der Waals surface area contributed by atoms with Crippen molar-refractivity contribution in [3.8, 4) is 0 Å². The van der Waals surface area contributed by atoms with Gasteiger partial charge in [-0.25, -0.2) is 0 Å². The summed E-state index contributed by atoms with van der Waals surface area (Å²) >= 11 is 0. The van der Waals surface area contributed by atoms with Gasteiger partial charge in [0.05, 0.1) is 6.26 Å². The van der Waals surface area contributed by atoms with Gasteiger partial charge in [-0.1, -0.05) is 18.2 Å². The van der Waals surface area contributed by atoms with Gasteiger partial charge >= 0.3 is 0 Å². The first-order valence-corrected chi connectivity index (χ1v) is 6.08. The first kappa shape index (κ1) is 10.4. The summed E-state index contributed by atoms with van der Waals surface area (Å²) in [4.78, 5) is 12.3. The third-order valence-corrected chi connectivity index (χ3v) is 3.64. The maximum absolute atomic E-state index is 12.3. The molecule has 1 amide bonds. The Morgan fingerprint density at radius 3 is 2.95 bits per heavy atom. The number of para-hydroxylation sites is 1. The maximum Gasteiger partial charge on any atom is 0.256 e. The summed E-state index contributed by atoms with van der Waals surface area (Å²) in [5.74, 6) is 0.626. The molecule has 0 fully saturated rings. The normalized spacial score (nSPS) is 24.0. The van der Waals surface area contributed by atoms with Crippen LogP contribution in [-0.4, -0.2) is 11.6 Å². The minimum Gasteiger partial charge on any atom is -0.463 e. The summed E-state index contributed by atoms with van der Waals surface area (Å²) in [5, 5.41) is 7.17. The molecule has 1 atom stereocenters. The second-order valence-corrected chi connectivity index (χ2v) is 4.73. The molecule has 0 radical (unpaired) electrons. The molecule has 19 heavy (non-hydrogen) atoms. The van der Waals surface area contributed by atoms with Crippen LogP contribution in [0.3, 0.4) is 0 Å². The van der Waals surface area contributed by atoms with Crippen molar-refractivity contribution in [3.05, 3.63) is 54.0 Å². The van der Waals surface area contributed by atoms with Gasteiger partial charge in [-0.3, -0.25) is 10.2 Å². The molecule has 1 aromatic carbocycles. The highest BCUT2D eigenvalue weighted by molar-refractivity contribution is 6.12. The highest BCUT2D eigenvalue weighted by Gasteiger charge is 2.50. The Morgan fingerprint density at radius 2 is 2.11 bits per heavy atom. The van der Waals surface area contributed by atoms with Crippen LogP contribution < -0.4 is 10.7 Å². The molecular weight excluding hydrogens is 242 g/mol. The van der Waals surface area contributed by atoms with E-state index in [1.165, 1.54) is 0 Å². The van der Waals surface area contributed by atoms with E-state index in [-0.39, 0.29) is 5.91 Å². The van der Waals surface area contributed by atoms with Gasteiger partial charge in [-0.2, -0.15) is 5.10 Å². The molecule has 0 unspecified atom stereocenters. The largest absolute Gasteiger partial charge is 0.463 e. The van der Waals surface area contributed by atoms with E-state index in [1.54, 1.807) is 6.26 Å². The number of hydrazone groups is 1. The molecule has 1 aromatic heterocycles. The molecule has 0 aliphatic carbocycles. The van der Waals surface area contributed by atoms with Gasteiger partial charge in [0.25, 0.3) is 5.91 Å². The van der Waals surface area contributed by atoms with Crippen molar-refractivity contribution in [2.75, 3.05) is 5.32 Å². The summed E-state index contributed by atoms with van der Waals surface area (Å²) in [6, 6.07) is 11.3. The van der Waals surface area contributed by atoms with Gasteiger partial charge in [-0.15, -0.1) is 0 Å². The fraction of sp³-hybridized carbons (Fsp3) is 0.143. The molecule has 5 nitrogen and oxygen atoms in total. The Hall–Kier alpha value is -2.56. The van der Waals surface area contributed by atoms with Crippen molar-refractivity contribution in [3.63, 3.8) is 0 Å². The monoisotopic (exact) mass is 253 g/mol. The van der Waals surface area contributed by atoms with Crippen molar-refractivity contribution < 1.29 is 9.21 Å². The van der Waals surface area contributed by atoms with Crippen LogP contribution in [0.15, 0.2) is 52.2 Å². The van der Waals surface area contributed by atoms with Crippen LogP contribution in [-0.2, 0) is 10.3 Å². The third-order valence-electron chi connectivity index (χ3n) is 3.64. The molecule has 2 aliphatic heterocycles. The van der Waals surface area contributed by atoms with Crippen LogP contribution in [0.5, 0.6) is 0 Å². The molecule has 2 aliphatic rings. The highest BCUT2D eigenvalue weighted by Crippen LogP contribution is 2.41. The zero-order chi connectivity index (χ0) is 12.9. The number of rotatable bonds is 1. The van der Waals surface area contributed by atoms with Gasteiger partial charge in [0.15, 0.2) is 5.54 Å². The van der Waals surface area contributed by atoms with Crippen LogP contribution in [0.2, 0.25) is 0 Å². The molecular formula is C14H11N3O2. The van der Waals surface area contributed by atoms with E-state index in [2.05, 4.69) is 15.8 Å². The van der Waals surface area contributed by atoms with Gasteiger partial charge in [-0.05, 0) is 18.2 Å². The molecule has 0 bridgehead atoms. The third kappa shape index (κ3) is 1.29.